The standard InChI is InChI=1S/C38H32O2P2/c39-41(33-21-9-3-10-22-33,37-27-15-13-25-35(37)31-17-5-1-6-18-31)29-30-42(40,34-23-11-4-12-24-34)38-28-16-14-26-36(38)32-19-7-2-8-20-32/h1-28H,29-30H2. The quantitative estimate of drug-likeness (QED) is 0.161. The highest BCUT2D eigenvalue weighted by molar-refractivity contribution is 7.82. The molecule has 0 aliphatic carbocycles. The summed E-state index contributed by atoms with van der Waals surface area (Å²) < 4.78 is 31.1. The first kappa shape index (κ1) is 27.9. The van der Waals surface area contributed by atoms with E-state index in [2.05, 4.69) is 24.3 Å². The van der Waals surface area contributed by atoms with E-state index in [1.165, 1.54) is 0 Å². The Balaban J connectivity index is 1.52. The lowest BCUT2D eigenvalue weighted by Crippen LogP contribution is -2.26. The normalized spacial score (nSPS) is 14.0. The molecule has 0 bridgehead atoms. The minimum atomic E-state index is -3.22. The van der Waals surface area contributed by atoms with Crippen LogP contribution in [0.15, 0.2) is 170 Å². The third-order valence-electron chi connectivity index (χ3n) is 7.83. The molecule has 0 amide bonds. The SMILES string of the molecule is O=P(CCP(=O)(c1ccccc1)c1ccccc1-c1ccccc1)(c1ccccc1)c1ccccc1-c1ccccc1. The van der Waals surface area contributed by atoms with Crippen molar-refractivity contribution in [2.45, 2.75) is 0 Å². The van der Waals surface area contributed by atoms with E-state index in [1.807, 2.05) is 146 Å². The molecule has 6 aromatic rings. The summed E-state index contributed by atoms with van der Waals surface area (Å²) in [5.41, 5.74) is 3.93. The van der Waals surface area contributed by atoms with Crippen molar-refractivity contribution in [2.75, 3.05) is 12.3 Å². The number of benzene rings is 6. The molecular weight excluding hydrogens is 550 g/mol. The Bertz CT molecular complexity index is 1730. The van der Waals surface area contributed by atoms with Crippen molar-refractivity contribution in [3.63, 3.8) is 0 Å². The van der Waals surface area contributed by atoms with Crippen LogP contribution < -0.4 is 21.2 Å². The van der Waals surface area contributed by atoms with Gasteiger partial charge in [-0.1, -0.05) is 170 Å². The second kappa shape index (κ2) is 12.3. The molecule has 0 heterocycles. The van der Waals surface area contributed by atoms with Crippen LogP contribution in [0.3, 0.4) is 0 Å². The summed E-state index contributed by atoms with van der Waals surface area (Å²) >= 11 is 0. The zero-order valence-electron chi connectivity index (χ0n) is 23.3. The van der Waals surface area contributed by atoms with Gasteiger partial charge in [-0.25, -0.2) is 0 Å². The second-order valence-corrected chi connectivity index (χ2v) is 16.2. The van der Waals surface area contributed by atoms with E-state index in [9.17, 15) is 0 Å². The van der Waals surface area contributed by atoms with Gasteiger partial charge in [-0.05, 0) is 22.3 Å². The summed E-state index contributed by atoms with van der Waals surface area (Å²) in [5.74, 6) is 0. The van der Waals surface area contributed by atoms with Gasteiger partial charge in [0.2, 0.25) is 0 Å². The molecule has 0 saturated heterocycles. The first-order valence-electron chi connectivity index (χ1n) is 14.2. The second-order valence-electron chi connectivity index (χ2n) is 10.4. The Morgan fingerprint density at radius 2 is 0.619 bits per heavy atom. The molecule has 0 saturated carbocycles. The molecule has 42 heavy (non-hydrogen) atoms. The van der Waals surface area contributed by atoms with Gasteiger partial charge >= 0.3 is 0 Å². The third kappa shape index (κ3) is 5.49. The molecule has 0 radical (unpaired) electrons. The molecule has 2 atom stereocenters. The van der Waals surface area contributed by atoms with Gasteiger partial charge in [-0.2, -0.15) is 0 Å². The van der Waals surface area contributed by atoms with Crippen LogP contribution >= 0.6 is 14.3 Å². The van der Waals surface area contributed by atoms with Gasteiger partial charge in [-0.15, -0.1) is 0 Å². The number of rotatable bonds is 9. The van der Waals surface area contributed by atoms with Crippen molar-refractivity contribution in [1.82, 2.24) is 0 Å². The molecule has 206 valence electrons. The van der Waals surface area contributed by atoms with Gasteiger partial charge in [0.25, 0.3) is 0 Å². The van der Waals surface area contributed by atoms with Crippen molar-refractivity contribution in [1.29, 1.82) is 0 Å². The van der Waals surface area contributed by atoms with E-state index in [4.69, 9.17) is 0 Å². The zero-order valence-corrected chi connectivity index (χ0v) is 25.1. The molecule has 0 aliphatic rings. The smallest absolute Gasteiger partial charge is 0.144 e. The van der Waals surface area contributed by atoms with Gasteiger partial charge in [-0.3, -0.25) is 0 Å². The summed E-state index contributed by atoms with van der Waals surface area (Å²) in [6.07, 6.45) is 0.548. The molecule has 0 spiro atoms. The Hall–Kier alpha value is -4.22. The molecule has 6 rings (SSSR count). The summed E-state index contributed by atoms with van der Waals surface area (Å²) in [7, 11) is -6.45. The van der Waals surface area contributed by atoms with Crippen molar-refractivity contribution < 1.29 is 9.13 Å². The average Bonchev–Trinajstić information content (AvgIpc) is 3.08. The molecule has 2 nitrogen and oxygen atoms in total. The predicted octanol–water partition coefficient (Wildman–Crippen LogP) is 8.35. The topological polar surface area (TPSA) is 34.1 Å². The van der Waals surface area contributed by atoms with Crippen LogP contribution in [0.25, 0.3) is 22.3 Å². The lowest BCUT2D eigenvalue weighted by Gasteiger charge is -2.27. The van der Waals surface area contributed by atoms with Crippen LogP contribution in [0.1, 0.15) is 0 Å². The fourth-order valence-electron chi connectivity index (χ4n) is 5.70. The number of hydrogen-bond acceptors (Lipinski definition) is 2. The highest BCUT2D eigenvalue weighted by Crippen LogP contribution is 2.53. The number of hydrogen-bond donors (Lipinski definition) is 0. The molecule has 0 aromatic heterocycles. The maximum Gasteiger partial charge on any atom is 0.144 e. The first-order chi connectivity index (χ1) is 20.6. The molecule has 2 unspecified atom stereocenters. The Labute approximate surface area is 248 Å². The van der Waals surface area contributed by atoms with Crippen LogP contribution in [0, 0.1) is 0 Å². The average molecular weight is 583 g/mol. The summed E-state index contributed by atoms with van der Waals surface area (Å²) in [4.78, 5) is 0. The van der Waals surface area contributed by atoms with E-state index >= 15 is 9.13 Å². The third-order valence-corrected chi connectivity index (χ3v) is 14.5. The lowest BCUT2D eigenvalue weighted by molar-refractivity contribution is 0.582. The van der Waals surface area contributed by atoms with Crippen LogP contribution in [-0.4, -0.2) is 12.3 Å². The molecule has 0 fully saturated rings. The minimum Gasteiger partial charge on any atom is -0.314 e. The Kier molecular flexibility index (Phi) is 8.20. The maximum atomic E-state index is 15.6. The zero-order chi connectivity index (χ0) is 28.8. The minimum absolute atomic E-state index is 0.274. The van der Waals surface area contributed by atoms with E-state index in [0.29, 0.717) is 0 Å². The summed E-state index contributed by atoms with van der Waals surface area (Å²) in [5, 5.41) is 3.17. The van der Waals surface area contributed by atoms with Gasteiger partial charge in [0.1, 0.15) is 14.3 Å². The van der Waals surface area contributed by atoms with Crippen molar-refractivity contribution in [3.8, 4) is 22.3 Å². The van der Waals surface area contributed by atoms with E-state index in [0.717, 1.165) is 43.5 Å². The van der Waals surface area contributed by atoms with Crippen LogP contribution in [0.5, 0.6) is 0 Å². The van der Waals surface area contributed by atoms with E-state index in [-0.39, 0.29) is 12.3 Å². The van der Waals surface area contributed by atoms with Gasteiger partial charge in [0, 0.05) is 33.5 Å². The van der Waals surface area contributed by atoms with Gasteiger partial charge in [0.05, 0.1) is 0 Å². The van der Waals surface area contributed by atoms with E-state index in [1.54, 1.807) is 0 Å². The monoisotopic (exact) mass is 582 g/mol. The molecule has 4 heteroatoms. The maximum absolute atomic E-state index is 15.6. The first-order valence-corrected chi connectivity index (χ1v) is 18.0. The molecule has 0 aliphatic heterocycles. The molecular formula is C38H32O2P2. The van der Waals surface area contributed by atoms with Gasteiger partial charge in [0.15, 0.2) is 0 Å². The van der Waals surface area contributed by atoms with Crippen molar-refractivity contribution in [2.24, 2.45) is 0 Å². The van der Waals surface area contributed by atoms with Crippen LogP contribution in [-0.2, 0) is 9.13 Å². The highest BCUT2D eigenvalue weighted by Gasteiger charge is 2.36. The van der Waals surface area contributed by atoms with Crippen LogP contribution in [0.2, 0.25) is 0 Å². The van der Waals surface area contributed by atoms with Crippen molar-refractivity contribution in [3.05, 3.63) is 170 Å². The summed E-state index contributed by atoms with van der Waals surface area (Å²) in [6.45, 7) is 0. The lowest BCUT2D eigenvalue weighted by atomic mass is 10.1. The highest BCUT2D eigenvalue weighted by atomic mass is 31.2. The Morgan fingerprint density at radius 1 is 0.333 bits per heavy atom. The molecule has 0 N–H and O–H groups in total. The fraction of sp³-hybridized carbons (Fsp3) is 0.0526. The van der Waals surface area contributed by atoms with E-state index < -0.39 is 14.3 Å². The van der Waals surface area contributed by atoms with Gasteiger partial charge < -0.3 is 9.13 Å². The van der Waals surface area contributed by atoms with Crippen LogP contribution in [0.4, 0.5) is 0 Å². The predicted molar refractivity (Wildman–Crippen MR) is 180 cm³/mol. The Morgan fingerprint density at radius 3 is 0.976 bits per heavy atom. The molecule has 6 aromatic carbocycles. The fourth-order valence-corrected chi connectivity index (χ4v) is 12.7. The van der Waals surface area contributed by atoms with Crippen molar-refractivity contribution >= 4 is 35.5 Å². The summed E-state index contributed by atoms with van der Waals surface area (Å²) in [6, 6.07) is 55.6. The largest absolute Gasteiger partial charge is 0.314 e.